The topological polar surface area (TPSA) is 38.8 Å². The first-order chi connectivity index (χ1) is 8.83. The lowest BCUT2D eigenvalue weighted by Gasteiger charge is -2.37. The lowest BCUT2D eigenvalue weighted by molar-refractivity contribution is -0.176. The maximum atomic E-state index is 11.9. The number of alkyl halides is 4. The van der Waals surface area contributed by atoms with Crippen LogP contribution in [0.2, 0.25) is 0 Å². The molecule has 0 aromatic heterocycles. The van der Waals surface area contributed by atoms with Gasteiger partial charge in [-0.1, -0.05) is 0 Å². The van der Waals surface area contributed by atoms with Gasteiger partial charge in [0.1, 0.15) is 6.61 Å². The Balaban J connectivity index is 2.31. The SMILES string of the molecule is CC1COC(CCl)CN1C(=O)CCOCC(F)(F)F. The summed E-state index contributed by atoms with van der Waals surface area (Å²) in [4.78, 5) is 13.4. The molecule has 0 radical (unpaired) electrons. The Hall–Kier alpha value is -0.530. The molecule has 0 aromatic rings. The van der Waals surface area contributed by atoms with Crippen molar-refractivity contribution in [3.63, 3.8) is 0 Å². The van der Waals surface area contributed by atoms with E-state index in [0.717, 1.165) is 0 Å². The highest BCUT2D eigenvalue weighted by molar-refractivity contribution is 6.18. The van der Waals surface area contributed by atoms with Crippen molar-refractivity contribution in [1.29, 1.82) is 0 Å². The van der Waals surface area contributed by atoms with E-state index in [4.69, 9.17) is 16.3 Å². The van der Waals surface area contributed by atoms with Crippen molar-refractivity contribution in [2.45, 2.75) is 31.7 Å². The van der Waals surface area contributed by atoms with Crippen molar-refractivity contribution < 1.29 is 27.4 Å². The lowest BCUT2D eigenvalue weighted by atomic mass is 10.2. The van der Waals surface area contributed by atoms with Gasteiger partial charge in [0.2, 0.25) is 5.91 Å². The van der Waals surface area contributed by atoms with Gasteiger partial charge in [-0.3, -0.25) is 4.79 Å². The summed E-state index contributed by atoms with van der Waals surface area (Å²) in [6.45, 7) is 0.992. The standard InChI is InChI=1S/C11H17ClF3NO3/c1-8-6-19-9(4-12)5-16(8)10(17)2-3-18-7-11(13,14)15/h8-9H,2-7H2,1H3. The number of nitrogens with zero attached hydrogens (tertiary/aromatic N) is 1. The summed E-state index contributed by atoms with van der Waals surface area (Å²) >= 11 is 5.66. The summed E-state index contributed by atoms with van der Waals surface area (Å²) in [6, 6.07) is -0.102. The van der Waals surface area contributed by atoms with Gasteiger partial charge in [0.05, 0.1) is 37.7 Å². The molecule has 1 fully saturated rings. The van der Waals surface area contributed by atoms with E-state index in [1.165, 1.54) is 0 Å². The van der Waals surface area contributed by atoms with Gasteiger partial charge in [0.25, 0.3) is 0 Å². The zero-order valence-corrected chi connectivity index (χ0v) is 11.3. The van der Waals surface area contributed by atoms with Crippen LogP contribution in [0.1, 0.15) is 13.3 Å². The van der Waals surface area contributed by atoms with Crippen molar-refractivity contribution in [2.24, 2.45) is 0 Å². The number of hydrogen-bond acceptors (Lipinski definition) is 3. The molecule has 1 aliphatic rings. The molecule has 1 amide bonds. The van der Waals surface area contributed by atoms with E-state index in [9.17, 15) is 18.0 Å². The molecule has 1 aliphatic heterocycles. The van der Waals surface area contributed by atoms with Crippen LogP contribution in [0.4, 0.5) is 13.2 Å². The predicted molar refractivity (Wildman–Crippen MR) is 63.1 cm³/mol. The van der Waals surface area contributed by atoms with Crippen LogP contribution < -0.4 is 0 Å². The van der Waals surface area contributed by atoms with Gasteiger partial charge in [-0.2, -0.15) is 13.2 Å². The van der Waals surface area contributed by atoms with Crippen LogP contribution in [0.3, 0.4) is 0 Å². The molecule has 0 aromatic carbocycles. The van der Waals surface area contributed by atoms with Gasteiger partial charge in [-0.15, -0.1) is 11.6 Å². The number of morpholine rings is 1. The zero-order chi connectivity index (χ0) is 14.5. The molecule has 1 rings (SSSR count). The van der Waals surface area contributed by atoms with Crippen LogP contribution in [-0.2, 0) is 14.3 Å². The highest BCUT2D eigenvalue weighted by Gasteiger charge is 2.30. The Morgan fingerprint density at radius 1 is 1.53 bits per heavy atom. The van der Waals surface area contributed by atoms with Crippen LogP contribution in [0.15, 0.2) is 0 Å². The molecule has 0 N–H and O–H groups in total. The molecule has 2 atom stereocenters. The van der Waals surface area contributed by atoms with Crippen LogP contribution in [0.5, 0.6) is 0 Å². The smallest absolute Gasteiger partial charge is 0.373 e. The normalized spacial score (nSPS) is 24.6. The molecule has 0 saturated carbocycles. The fraction of sp³-hybridized carbons (Fsp3) is 0.909. The summed E-state index contributed by atoms with van der Waals surface area (Å²) < 4.78 is 45.3. The van der Waals surface area contributed by atoms with E-state index >= 15 is 0 Å². The van der Waals surface area contributed by atoms with E-state index in [1.807, 2.05) is 6.92 Å². The van der Waals surface area contributed by atoms with Gasteiger partial charge in [-0.05, 0) is 6.92 Å². The minimum atomic E-state index is -4.36. The molecule has 8 heteroatoms. The largest absolute Gasteiger partial charge is 0.411 e. The number of carbonyl (C=O) groups excluding carboxylic acids is 1. The Bertz CT molecular complexity index is 301. The lowest BCUT2D eigenvalue weighted by Crippen LogP contribution is -2.51. The van der Waals surface area contributed by atoms with E-state index in [0.29, 0.717) is 13.2 Å². The third kappa shape index (κ3) is 5.97. The molecule has 0 bridgehead atoms. The van der Waals surface area contributed by atoms with E-state index in [-0.39, 0.29) is 37.0 Å². The second kappa shape index (κ2) is 7.31. The number of hydrogen-bond donors (Lipinski definition) is 0. The fourth-order valence-corrected chi connectivity index (χ4v) is 1.94. The second-order valence-corrected chi connectivity index (χ2v) is 4.73. The third-order valence-corrected chi connectivity index (χ3v) is 3.07. The highest BCUT2D eigenvalue weighted by atomic mass is 35.5. The molecular weight excluding hydrogens is 287 g/mol. The maximum Gasteiger partial charge on any atom is 0.411 e. The fourth-order valence-electron chi connectivity index (χ4n) is 1.75. The quantitative estimate of drug-likeness (QED) is 0.574. The van der Waals surface area contributed by atoms with Crippen molar-refractivity contribution in [3.8, 4) is 0 Å². The van der Waals surface area contributed by atoms with Gasteiger partial charge >= 0.3 is 6.18 Å². The van der Waals surface area contributed by atoms with Crippen molar-refractivity contribution >= 4 is 17.5 Å². The number of halogens is 4. The van der Waals surface area contributed by atoms with Crippen LogP contribution in [0.25, 0.3) is 0 Å². The molecule has 1 heterocycles. The molecule has 19 heavy (non-hydrogen) atoms. The van der Waals surface area contributed by atoms with Gasteiger partial charge < -0.3 is 14.4 Å². The first-order valence-electron chi connectivity index (χ1n) is 5.95. The number of ether oxygens (including phenoxy) is 2. The van der Waals surface area contributed by atoms with E-state index < -0.39 is 12.8 Å². The number of amides is 1. The molecular formula is C11H17ClF3NO3. The minimum Gasteiger partial charge on any atom is -0.373 e. The minimum absolute atomic E-state index is 0.0740. The average Bonchev–Trinajstić information content (AvgIpc) is 2.34. The monoisotopic (exact) mass is 303 g/mol. The average molecular weight is 304 g/mol. The molecule has 1 saturated heterocycles. The van der Waals surface area contributed by atoms with E-state index in [2.05, 4.69) is 4.74 Å². The van der Waals surface area contributed by atoms with Gasteiger partial charge in [0, 0.05) is 6.54 Å². The molecule has 4 nitrogen and oxygen atoms in total. The first kappa shape index (κ1) is 16.5. The Labute approximate surface area is 114 Å². The molecule has 0 spiro atoms. The Morgan fingerprint density at radius 3 is 2.79 bits per heavy atom. The summed E-state index contributed by atoms with van der Waals surface area (Å²) in [7, 11) is 0. The van der Waals surface area contributed by atoms with Crippen molar-refractivity contribution in [1.82, 2.24) is 4.90 Å². The Kier molecular flexibility index (Phi) is 6.35. The van der Waals surface area contributed by atoms with Crippen LogP contribution in [0, 0.1) is 0 Å². The summed E-state index contributed by atoms with van der Waals surface area (Å²) in [5.41, 5.74) is 0. The van der Waals surface area contributed by atoms with Gasteiger partial charge in [0.15, 0.2) is 0 Å². The predicted octanol–water partition coefficient (Wildman–Crippen LogP) is 1.81. The first-order valence-corrected chi connectivity index (χ1v) is 6.48. The second-order valence-electron chi connectivity index (χ2n) is 4.42. The number of rotatable bonds is 5. The van der Waals surface area contributed by atoms with Crippen LogP contribution in [-0.4, -0.2) is 61.4 Å². The number of carbonyl (C=O) groups is 1. The zero-order valence-electron chi connectivity index (χ0n) is 10.6. The van der Waals surface area contributed by atoms with Gasteiger partial charge in [-0.25, -0.2) is 0 Å². The highest BCUT2D eigenvalue weighted by Crippen LogP contribution is 2.16. The van der Waals surface area contributed by atoms with Crippen LogP contribution >= 0.6 is 11.6 Å². The molecule has 0 aliphatic carbocycles. The third-order valence-electron chi connectivity index (χ3n) is 2.72. The van der Waals surface area contributed by atoms with Crippen molar-refractivity contribution in [3.05, 3.63) is 0 Å². The molecule has 112 valence electrons. The summed E-state index contributed by atoms with van der Waals surface area (Å²) in [6.07, 6.45) is -4.66. The van der Waals surface area contributed by atoms with E-state index in [1.54, 1.807) is 4.90 Å². The summed E-state index contributed by atoms with van der Waals surface area (Å²) in [5, 5.41) is 0. The van der Waals surface area contributed by atoms with Crippen molar-refractivity contribution in [2.75, 3.05) is 32.2 Å². The Morgan fingerprint density at radius 2 is 2.21 bits per heavy atom. The summed E-state index contributed by atoms with van der Waals surface area (Å²) in [5.74, 6) is 0.0363. The molecule has 2 unspecified atom stereocenters. The maximum absolute atomic E-state index is 11.9.